The van der Waals surface area contributed by atoms with Crippen LogP contribution >= 0.6 is 0 Å². The van der Waals surface area contributed by atoms with Gasteiger partial charge in [-0.1, -0.05) is 26.7 Å². The Morgan fingerprint density at radius 3 is 2.60 bits per heavy atom. The molecule has 0 aliphatic heterocycles. The lowest BCUT2D eigenvalue weighted by atomic mass is 10.2. The second kappa shape index (κ2) is 9.36. The van der Waals surface area contributed by atoms with Gasteiger partial charge in [-0.25, -0.2) is 4.98 Å². The summed E-state index contributed by atoms with van der Waals surface area (Å²) in [6.07, 6.45) is 4.22. The summed E-state index contributed by atoms with van der Waals surface area (Å²) in [4.78, 5) is 8.73. The zero-order valence-electron chi connectivity index (χ0n) is 12.7. The van der Waals surface area contributed by atoms with Crippen LogP contribution in [0.1, 0.15) is 38.9 Å². The molecule has 0 atom stereocenters. The minimum absolute atomic E-state index is 0.427. The summed E-state index contributed by atoms with van der Waals surface area (Å²) in [6.45, 7) is 5.97. The van der Waals surface area contributed by atoms with Crippen molar-refractivity contribution in [2.45, 2.75) is 39.5 Å². The molecule has 6 heteroatoms. The van der Waals surface area contributed by atoms with Crippen LogP contribution < -0.4 is 15.8 Å². The van der Waals surface area contributed by atoms with E-state index in [1.54, 1.807) is 7.11 Å². The number of methoxy groups -OCH3 is 1. The van der Waals surface area contributed by atoms with E-state index in [4.69, 9.17) is 15.2 Å². The van der Waals surface area contributed by atoms with Crippen LogP contribution in [0.25, 0.3) is 0 Å². The molecule has 1 heterocycles. The lowest BCUT2D eigenvalue weighted by Gasteiger charge is -2.13. The molecule has 0 aliphatic carbocycles. The maximum Gasteiger partial charge on any atom is 0.242 e. The van der Waals surface area contributed by atoms with Crippen LogP contribution in [0.3, 0.4) is 0 Å². The molecule has 0 spiro atoms. The van der Waals surface area contributed by atoms with Crippen LogP contribution in [0.15, 0.2) is 0 Å². The summed E-state index contributed by atoms with van der Waals surface area (Å²) in [7, 11) is 1.63. The average molecular weight is 282 g/mol. The first-order chi connectivity index (χ1) is 9.72. The zero-order chi connectivity index (χ0) is 14.8. The van der Waals surface area contributed by atoms with Crippen LogP contribution in [-0.2, 0) is 11.2 Å². The molecule has 3 N–H and O–H groups in total. The number of nitrogens with zero attached hydrogens (tertiary/aromatic N) is 2. The van der Waals surface area contributed by atoms with E-state index in [0.717, 1.165) is 25.2 Å². The number of nitrogen functional groups attached to an aromatic ring is 1. The minimum atomic E-state index is 0.427. The Balaban J connectivity index is 2.73. The number of hydrogen-bond donors (Lipinski definition) is 2. The van der Waals surface area contributed by atoms with Crippen molar-refractivity contribution < 1.29 is 9.47 Å². The highest BCUT2D eigenvalue weighted by Crippen LogP contribution is 2.26. The molecule has 0 amide bonds. The summed E-state index contributed by atoms with van der Waals surface area (Å²) in [5, 5.41) is 3.27. The van der Waals surface area contributed by atoms with Crippen molar-refractivity contribution in [1.82, 2.24) is 9.97 Å². The van der Waals surface area contributed by atoms with Gasteiger partial charge in [0.1, 0.15) is 18.1 Å². The van der Waals surface area contributed by atoms with Gasteiger partial charge in [-0.3, -0.25) is 0 Å². The summed E-state index contributed by atoms with van der Waals surface area (Å²) >= 11 is 0. The number of nitrogens with two attached hydrogens (primary N) is 1. The number of aromatic nitrogens is 2. The van der Waals surface area contributed by atoms with E-state index in [2.05, 4.69) is 22.2 Å². The minimum Gasteiger partial charge on any atom is -0.474 e. The number of unbranched alkanes of at least 4 members (excludes halogenated alkanes) is 2. The third-order valence-corrected chi connectivity index (χ3v) is 2.87. The largest absolute Gasteiger partial charge is 0.474 e. The molecule has 0 aromatic carbocycles. The van der Waals surface area contributed by atoms with Crippen molar-refractivity contribution in [3.8, 4) is 5.88 Å². The number of rotatable bonds is 10. The van der Waals surface area contributed by atoms with Crippen LogP contribution in [-0.4, -0.2) is 36.8 Å². The van der Waals surface area contributed by atoms with Gasteiger partial charge < -0.3 is 20.5 Å². The predicted molar refractivity (Wildman–Crippen MR) is 81.2 cm³/mol. The molecule has 0 aliphatic rings. The van der Waals surface area contributed by atoms with Crippen LogP contribution in [0, 0.1) is 0 Å². The lowest BCUT2D eigenvalue weighted by molar-refractivity contribution is 0.144. The van der Waals surface area contributed by atoms with Gasteiger partial charge in [0.25, 0.3) is 0 Å². The summed E-state index contributed by atoms with van der Waals surface area (Å²) in [5.74, 6) is 1.83. The fraction of sp³-hybridized carbons (Fsp3) is 0.714. The van der Waals surface area contributed by atoms with Crippen LogP contribution in [0.4, 0.5) is 11.5 Å². The quantitative estimate of drug-likeness (QED) is 0.640. The Morgan fingerprint density at radius 2 is 1.95 bits per heavy atom. The molecular formula is C14H26N4O2. The van der Waals surface area contributed by atoms with E-state index in [1.807, 2.05) is 6.92 Å². The van der Waals surface area contributed by atoms with Crippen molar-refractivity contribution in [1.29, 1.82) is 0 Å². The van der Waals surface area contributed by atoms with Gasteiger partial charge in [-0.05, 0) is 6.42 Å². The van der Waals surface area contributed by atoms with E-state index >= 15 is 0 Å². The lowest BCUT2D eigenvalue weighted by Crippen LogP contribution is -2.13. The summed E-state index contributed by atoms with van der Waals surface area (Å²) < 4.78 is 10.5. The number of aryl methyl sites for hydroxylation is 1. The smallest absolute Gasteiger partial charge is 0.242 e. The number of hydrogen-bond acceptors (Lipinski definition) is 6. The highest BCUT2D eigenvalue weighted by atomic mass is 16.5. The predicted octanol–water partition coefficient (Wildman–Crippen LogP) is 2.25. The molecule has 0 saturated carbocycles. The molecular weight excluding hydrogens is 256 g/mol. The molecule has 20 heavy (non-hydrogen) atoms. The van der Waals surface area contributed by atoms with Gasteiger partial charge >= 0.3 is 0 Å². The third-order valence-electron chi connectivity index (χ3n) is 2.87. The standard InChI is InChI=1S/C14H26N4O2/c1-4-6-7-8-16-13-12(15)14(20-10-9-19-3)18-11(5-2)17-13/h4-10,15H2,1-3H3,(H,16,17,18). The molecule has 0 bridgehead atoms. The Kier molecular flexibility index (Phi) is 7.72. The maximum atomic E-state index is 6.05. The van der Waals surface area contributed by atoms with E-state index in [-0.39, 0.29) is 0 Å². The van der Waals surface area contributed by atoms with E-state index in [0.29, 0.717) is 30.6 Å². The Bertz CT molecular complexity index is 399. The zero-order valence-corrected chi connectivity index (χ0v) is 12.7. The Labute approximate surface area is 121 Å². The first-order valence-electron chi connectivity index (χ1n) is 7.24. The third kappa shape index (κ3) is 5.21. The first-order valence-corrected chi connectivity index (χ1v) is 7.24. The van der Waals surface area contributed by atoms with Crippen molar-refractivity contribution >= 4 is 11.5 Å². The second-order valence-electron chi connectivity index (χ2n) is 4.54. The molecule has 1 aromatic rings. The van der Waals surface area contributed by atoms with E-state index in [9.17, 15) is 0 Å². The van der Waals surface area contributed by atoms with Crippen molar-refractivity contribution in [2.75, 3.05) is 37.9 Å². The molecule has 114 valence electrons. The normalized spacial score (nSPS) is 10.6. The van der Waals surface area contributed by atoms with Gasteiger partial charge in [-0.15, -0.1) is 0 Å². The van der Waals surface area contributed by atoms with Crippen LogP contribution in [0.2, 0.25) is 0 Å². The molecule has 1 rings (SSSR count). The topological polar surface area (TPSA) is 82.3 Å². The maximum absolute atomic E-state index is 6.05. The Morgan fingerprint density at radius 1 is 1.15 bits per heavy atom. The molecule has 0 unspecified atom stereocenters. The SMILES string of the molecule is CCCCCNc1nc(CC)nc(OCCOC)c1N. The highest BCUT2D eigenvalue weighted by Gasteiger charge is 2.12. The van der Waals surface area contributed by atoms with Gasteiger partial charge in [0, 0.05) is 20.1 Å². The van der Waals surface area contributed by atoms with Crippen molar-refractivity contribution in [2.24, 2.45) is 0 Å². The van der Waals surface area contributed by atoms with Gasteiger partial charge in [0.2, 0.25) is 5.88 Å². The number of anilines is 2. The van der Waals surface area contributed by atoms with E-state index in [1.165, 1.54) is 12.8 Å². The van der Waals surface area contributed by atoms with Gasteiger partial charge in [0.15, 0.2) is 5.82 Å². The molecule has 0 radical (unpaired) electrons. The molecule has 1 aromatic heterocycles. The average Bonchev–Trinajstić information content (AvgIpc) is 2.46. The van der Waals surface area contributed by atoms with Gasteiger partial charge in [0.05, 0.1) is 6.61 Å². The number of ether oxygens (including phenoxy) is 2. The monoisotopic (exact) mass is 282 g/mol. The number of nitrogens with one attached hydrogen (secondary N) is 1. The highest BCUT2D eigenvalue weighted by molar-refractivity contribution is 5.66. The second-order valence-corrected chi connectivity index (χ2v) is 4.54. The van der Waals surface area contributed by atoms with Crippen molar-refractivity contribution in [3.05, 3.63) is 5.82 Å². The fourth-order valence-corrected chi connectivity index (χ4v) is 1.70. The molecule has 6 nitrogen and oxygen atoms in total. The molecule has 0 fully saturated rings. The first kappa shape index (κ1) is 16.5. The summed E-state index contributed by atoms with van der Waals surface area (Å²) in [5.41, 5.74) is 6.52. The summed E-state index contributed by atoms with van der Waals surface area (Å²) in [6, 6.07) is 0. The van der Waals surface area contributed by atoms with Gasteiger partial charge in [-0.2, -0.15) is 4.98 Å². The molecule has 0 saturated heterocycles. The Hall–Kier alpha value is -1.56. The van der Waals surface area contributed by atoms with Crippen molar-refractivity contribution in [3.63, 3.8) is 0 Å². The fourth-order valence-electron chi connectivity index (χ4n) is 1.70. The van der Waals surface area contributed by atoms with Crippen LogP contribution in [0.5, 0.6) is 5.88 Å². The van der Waals surface area contributed by atoms with E-state index < -0.39 is 0 Å².